The van der Waals surface area contributed by atoms with Crippen LogP contribution in [-0.2, 0) is 19.2 Å². The molecule has 4 nitrogen and oxygen atoms in total. The van der Waals surface area contributed by atoms with E-state index in [0.717, 1.165) is 12.0 Å². The van der Waals surface area contributed by atoms with Gasteiger partial charge in [0.05, 0.1) is 0 Å². The minimum absolute atomic E-state index is 0.00114. The number of hydrogen-bond acceptors (Lipinski definition) is 4. The lowest BCUT2D eigenvalue weighted by molar-refractivity contribution is -0.405. The van der Waals surface area contributed by atoms with Gasteiger partial charge in [-0.05, 0) is 17.4 Å². The van der Waals surface area contributed by atoms with Gasteiger partial charge in [-0.15, -0.1) is 0 Å². The number of hydrogen-bond donors (Lipinski definition) is 0. The number of fused-ring (bicyclic) bond motifs is 4. The average molecular weight is 278 g/mol. The molecule has 1 aromatic carbocycles. The molecule has 0 N–H and O–H groups in total. The summed E-state index contributed by atoms with van der Waals surface area (Å²) in [5.41, 5.74) is 2.30. The monoisotopic (exact) mass is 278 g/mol. The summed E-state index contributed by atoms with van der Waals surface area (Å²) in [6, 6.07) is 8.26. The molecular formula is C16H22O4. The first kappa shape index (κ1) is 14.0. The molecule has 0 radical (unpaired) electrons. The van der Waals surface area contributed by atoms with Crippen LogP contribution >= 0.6 is 0 Å². The number of benzene rings is 1. The Bertz CT molecular complexity index is 480. The van der Waals surface area contributed by atoms with E-state index in [4.69, 9.17) is 19.2 Å². The molecule has 2 aliphatic heterocycles. The van der Waals surface area contributed by atoms with Crippen molar-refractivity contribution in [2.24, 2.45) is 5.41 Å². The second-order valence-corrected chi connectivity index (χ2v) is 6.48. The minimum atomic E-state index is -0.438. The SMILES string of the molecule is CCC1OO[C@H]2O[C@@H](O1)c1ccccc1[C@@H]2C(C)(C)C. The maximum Gasteiger partial charge on any atom is 0.201 e. The molecule has 1 aromatic rings. The Morgan fingerprint density at radius 2 is 1.70 bits per heavy atom. The predicted octanol–water partition coefficient (Wildman–Crippen LogP) is 3.89. The highest BCUT2D eigenvalue weighted by molar-refractivity contribution is 5.35. The van der Waals surface area contributed by atoms with Crippen LogP contribution in [0.4, 0.5) is 0 Å². The summed E-state index contributed by atoms with van der Waals surface area (Å²) in [5, 5.41) is 0. The largest absolute Gasteiger partial charge is 0.316 e. The Hall–Kier alpha value is -0.940. The normalized spacial score (nSPS) is 33.4. The van der Waals surface area contributed by atoms with Crippen LogP contribution in [0, 0.1) is 5.41 Å². The fraction of sp³-hybridized carbons (Fsp3) is 0.625. The van der Waals surface area contributed by atoms with Gasteiger partial charge in [0.2, 0.25) is 6.29 Å². The van der Waals surface area contributed by atoms with E-state index in [9.17, 15) is 0 Å². The van der Waals surface area contributed by atoms with Gasteiger partial charge >= 0.3 is 0 Å². The Balaban J connectivity index is 2.05. The molecular weight excluding hydrogens is 256 g/mol. The Kier molecular flexibility index (Phi) is 3.58. The lowest BCUT2D eigenvalue weighted by Gasteiger charge is -2.41. The van der Waals surface area contributed by atoms with Crippen LogP contribution in [0.25, 0.3) is 0 Å². The van der Waals surface area contributed by atoms with Crippen LogP contribution in [0.2, 0.25) is 0 Å². The smallest absolute Gasteiger partial charge is 0.201 e. The summed E-state index contributed by atoms with van der Waals surface area (Å²) in [4.78, 5) is 10.9. The first-order valence-electron chi connectivity index (χ1n) is 7.22. The Labute approximate surface area is 119 Å². The van der Waals surface area contributed by atoms with Crippen LogP contribution in [0.3, 0.4) is 0 Å². The van der Waals surface area contributed by atoms with E-state index in [1.807, 2.05) is 19.1 Å². The molecule has 2 bridgehead atoms. The highest BCUT2D eigenvalue weighted by Crippen LogP contribution is 2.49. The van der Waals surface area contributed by atoms with Crippen LogP contribution in [0.5, 0.6) is 0 Å². The fourth-order valence-corrected chi connectivity index (χ4v) is 2.93. The van der Waals surface area contributed by atoms with Gasteiger partial charge in [0.15, 0.2) is 12.6 Å². The van der Waals surface area contributed by atoms with E-state index in [2.05, 4.69) is 32.9 Å². The van der Waals surface area contributed by atoms with Crippen molar-refractivity contribution in [3.8, 4) is 0 Å². The molecule has 1 unspecified atom stereocenters. The first-order valence-corrected chi connectivity index (χ1v) is 7.22. The Morgan fingerprint density at radius 3 is 2.35 bits per heavy atom. The highest BCUT2D eigenvalue weighted by atomic mass is 17.3. The quantitative estimate of drug-likeness (QED) is 0.730. The molecule has 4 atom stereocenters. The molecule has 3 rings (SSSR count). The van der Waals surface area contributed by atoms with Crippen molar-refractivity contribution in [3.05, 3.63) is 35.4 Å². The third-order valence-corrected chi connectivity index (χ3v) is 3.91. The first-order chi connectivity index (χ1) is 9.50. The fourth-order valence-electron chi connectivity index (χ4n) is 2.93. The predicted molar refractivity (Wildman–Crippen MR) is 73.6 cm³/mol. The second-order valence-electron chi connectivity index (χ2n) is 6.48. The van der Waals surface area contributed by atoms with Crippen molar-refractivity contribution < 1.29 is 19.2 Å². The van der Waals surface area contributed by atoms with Gasteiger partial charge in [-0.2, -0.15) is 0 Å². The van der Waals surface area contributed by atoms with Crippen LogP contribution < -0.4 is 0 Å². The molecule has 110 valence electrons. The second kappa shape index (κ2) is 5.11. The zero-order chi connectivity index (χ0) is 14.3. The maximum atomic E-state index is 5.98. The van der Waals surface area contributed by atoms with Crippen molar-refractivity contribution in [2.45, 2.75) is 58.9 Å². The molecule has 2 heterocycles. The lowest BCUT2D eigenvalue weighted by atomic mass is 9.73. The highest BCUT2D eigenvalue weighted by Gasteiger charge is 2.46. The summed E-state index contributed by atoms with van der Waals surface area (Å²) < 4.78 is 11.8. The summed E-state index contributed by atoms with van der Waals surface area (Å²) in [5.74, 6) is 0.106. The van der Waals surface area contributed by atoms with Gasteiger partial charge in [0.25, 0.3) is 0 Å². The van der Waals surface area contributed by atoms with Gasteiger partial charge in [0.1, 0.15) is 0 Å². The maximum absolute atomic E-state index is 5.98. The summed E-state index contributed by atoms with van der Waals surface area (Å²) in [6.45, 7) is 8.55. The van der Waals surface area contributed by atoms with Gasteiger partial charge in [-0.3, -0.25) is 0 Å². The van der Waals surface area contributed by atoms with Crippen molar-refractivity contribution in [2.75, 3.05) is 0 Å². The van der Waals surface area contributed by atoms with Gasteiger partial charge in [-0.25, -0.2) is 9.78 Å². The van der Waals surface area contributed by atoms with E-state index < -0.39 is 18.9 Å². The number of ether oxygens (including phenoxy) is 2. The molecule has 1 fully saturated rings. The molecule has 0 aromatic heterocycles. The molecule has 0 spiro atoms. The minimum Gasteiger partial charge on any atom is -0.316 e. The van der Waals surface area contributed by atoms with Crippen molar-refractivity contribution >= 4 is 0 Å². The summed E-state index contributed by atoms with van der Waals surface area (Å²) in [6.07, 6.45) is -0.528. The van der Waals surface area contributed by atoms with Crippen molar-refractivity contribution in [3.63, 3.8) is 0 Å². The standard InChI is InChI=1S/C16H22O4/c1-5-12-17-14-11-9-7-6-8-10(11)13(16(2,3)4)15(18-14)20-19-12/h6-9,12-15H,5H2,1-4H3/t12?,13-,14+,15+/m0/s1. The third kappa shape index (κ3) is 2.37. The molecule has 20 heavy (non-hydrogen) atoms. The zero-order valence-electron chi connectivity index (χ0n) is 12.5. The average Bonchev–Trinajstić information content (AvgIpc) is 2.58. The van der Waals surface area contributed by atoms with Gasteiger partial charge < -0.3 is 9.47 Å². The van der Waals surface area contributed by atoms with Gasteiger partial charge in [-0.1, -0.05) is 52.0 Å². The van der Waals surface area contributed by atoms with Crippen molar-refractivity contribution in [1.29, 1.82) is 0 Å². The third-order valence-electron chi connectivity index (χ3n) is 3.91. The van der Waals surface area contributed by atoms with Crippen molar-refractivity contribution in [1.82, 2.24) is 0 Å². The van der Waals surface area contributed by atoms with Gasteiger partial charge in [0, 0.05) is 11.5 Å². The van der Waals surface area contributed by atoms with E-state index in [1.165, 1.54) is 5.56 Å². The molecule has 0 aliphatic carbocycles. The number of rotatable bonds is 1. The lowest BCUT2D eigenvalue weighted by Crippen LogP contribution is -2.38. The zero-order valence-corrected chi connectivity index (χ0v) is 12.5. The molecule has 4 heteroatoms. The summed E-state index contributed by atoms with van der Waals surface area (Å²) in [7, 11) is 0. The topological polar surface area (TPSA) is 36.9 Å². The molecule has 1 saturated heterocycles. The van der Waals surface area contributed by atoms with Crippen LogP contribution in [-0.4, -0.2) is 12.6 Å². The summed E-state index contributed by atoms with van der Waals surface area (Å²) >= 11 is 0. The molecule has 0 saturated carbocycles. The van der Waals surface area contributed by atoms with E-state index in [0.29, 0.717) is 0 Å². The Morgan fingerprint density at radius 1 is 1.00 bits per heavy atom. The molecule has 2 aliphatic rings. The van der Waals surface area contributed by atoms with E-state index >= 15 is 0 Å². The van der Waals surface area contributed by atoms with Crippen LogP contribution in [0.15, 0.2) is 24.3 Å². The van der Waals surface area contributed by atoms with E-state index in [1.54, 1.807) is 0 Å². The van der Waals surface area contributed by atoms with Crippen LogP contribution in [0.1, 0.15) is 57.5 Å². The molecule has 0 amide bonds. The van der Waals surface area contributed by atoms with E-state index in [-0.39, 0.29) is 11.3 Å².